The van der Waals surface area contributed by atoms with Crippen LogP contribution in [0.4, 0.5) is 4.39 Å². The summed E-state index contributed by atoms with van der Waals surface area (Å²) in [6, 6.07) is 12.8. The zero-order valence-corrected chi connectivity index (χ0v) is 10.5. The van der Waals surface area contributed by atoms with E-state index in [1.807, 2.05) is 18.3 Å². The maximum Gasteiger partial charge on any atom is 0.123 e. The molecule has 0 spiro atoms. The molecule has 0 aliphatic heterocycles. The summed E-state index contributed by atoms with van der Waals surface area (Å²) in [5, 5.41) is 1.19. The molecule has 0 aliphatic carbocycles. The van der Waals surface area contributed by atoms with Crippen molar-refractivity contribution < 1.29 is 4.39 Å². The summed E-state index contributed by atoms with van der Waals surface area (Å²) in [5.74, 6) is -0.213. The molecule has 0 bridgehead atoms. The number of nitrogens with two attached hydrogens (primary N) is 1. The third kappa shape index (κ3) is 2.25. The first kappa shape index (κ1) is 11.9. The maximum absolute atomic E-state index is 13.0. The van der Waals surface area contributed by atoms with Gasteiger partial charge in [0.05, 0.1) is 0 Å². The highest BCUT2D eigenvalue weighted by molar-refractivity contribution is 5.88. The van der Waals surface area contributed by atoms with Crippen molar-refractivity contribution in [3.63, 3.8) is 0 Å². The summed E-state index contributed by atoms with van der Waals surface area (Å²) in [5.41, 5.74) is 10.1. The fraction of sp³-hybridized carbons (Fsp3) is 0.125. The van der Waals surface area contributed by atoms with Gasteiger partial charge in [-0.3, -0.25) is 0 Å². The van der Waals surface area contributed by atoms with Gasteiger partial charge in [0, 0.05) is 17.1 Å². The lowest BCUT2D eigenvalue weighted by Crippen LogP contribution is -2.01. The highest BCUT2D eigenvalue weighted by Crippen LogP contribution is 2.26. The summed E-state index contributed by atoms with van der Waals surface area (Å²) >= 11 is 0. The van der Waals surface area contributed by atoms with Gasteiger partial charge >= 0.3 is 0 Å². The molecule has 0 saturated carbocycles. The van der Waals surface area contributed by atoms with E-state index in [9.17, 15) is 4.39 Å². The lowest BCUT2D eigenvalue weighted by atomic mass is 10.0. The molecule has 19 heavy (non-hydrogen) atoms. The molecule has 3 aromatic rings. The first-order valence-corrected chi connectivity index (χ1v) is 6.34. The van der Waals surface area contributed by atoms with Gasteiger partial charge in [-0.25, -0.2) is 4.39 Å². The fourth-order valence-electron chi connectivity index (χ4n) is 2.36. The number of hydrogen-bond acceptors (Lipinski definition) is 1. The fourth-order valence-corrected chi connectivity index (χ4v) is 2.36. The van der Waals surface area contributed by atoms with Crippen LogP contribution in [0.15, 0.2) is 48.7 Å². The van der Waals surface area contributed by atoms with E-state index in [0.29, 0.717) is 6.54 Å². The van der Waals surface area contributed by atoms with Gasteiger partial charge < -0.3 is 10.7 Å². The summed E-state index contributed by atoms with van der Waals surface area (Å²) in [6.07, 6.45) is 2.86. The Labute approximate surface area is 111 Å². The van der Waals surface area contributed by atoms with E-state index in [1.165, 1.54) is 23.1 Å². The van der Waals surface area contributed by atoms with E-state index in [0.717, 1.165) is 23.1 Å². The van der Waals surface area contributed by atoms with Gasteiger partial charge in [0.25, 0.3) is 0 Å². The van der Waals surface area contributed by atoms with Crippen molar-refractivity contribution in [3.05, 3.63) is 60.0 Å². The van der Waals surface area contributed by atoms with Crippen molar-refractivity contribution in [2.75, 3.05) is 6.54 Å². The number of aromatic nitrogens is 1. The minimum absolute atomic E-state index is 0.213. The number of benzene rings is 2. The number of nitrogens with one attached hydrogen (secondary N) is 1. The van der Waals surface area contributed by atoms with Crippen LogP contribution in [0.2, 0.25) is 0 Å². The van der Waals surface area contributed by atoms with Crippen molar-refractivity contribution >= 4 is 10.9 Å². The number of H-pyrrole nitrogens is 1. The number of aromatic amines is 1. The first-order chi connectivity index (χ1) is 9.28. The normalized spacial score (nSPS) is 11.1. The van der Waals surface area contributed by atoms with Crippen molar-refractivity contribution in [3.8, 4) is 11.1 Å². The van der Waals surface area contributed by atoms with Crippen LogP contribution in [0.1, 0.15) is 5.56 Å². The lowest BCUT2D eigenvalue weighted by Gasteiger charge is -2.03. The molecule has 0 atom stereocenters. The third-order valence-electron chi connectivity index (χ3n) is 3.36. The van der Waals surface area contributed by atoms with Crippen LogP contribution < -0.4 is 5.73 Å². The van der Waals surface area contributed by atoms with Gasteiger partial charge in [-0.2, -0.15) is 0 Å². The summed E-state index contributed by atoms with van der Waals surface area (Å²) in [4.78, 5) is 3.25. The third-order valence-corrected chi connectivity index (χ3v) is 3.36. The van der Waals surface area contributed by atoms with E-state index < -0.39 is 0 Å². The molecular weight excluding hydrogens is 239 g/mol. The number of halogens is 1. The minimum Gasteiger partial charge on any atom is -0.361 e. The van der Waals surface area contributed by atoms with Crippen LogP contribution in [-0.2, 0) is 6.42 Å². The SMILES string of the molecule is NCCc1c[nH]c2ccc(-c3ccc(F)cc3)cc12. The highest BCUT2D eigenvalue weighted by atomic mass is 19.1. The van der Waals surface area contributed by atoms with Crippen molar-refractivity contribution in [2.45, 2.75) is 6.42 Å². The Hall–Kier alpha value is -2.13. The number of hydrogen-bond donors (Lipinski definition) is 2. The Morgan fingerprint density at radius 2 is 1.74 bits per heavy atom. The van der Waals surface area contributed by atoms with Gasteiger partial charge in [0.1, 0.15) is 5.82 Å². The van der Waals surface area contributed by atoms with Gasteiger partial charge in [0.2, 0.25) is 0 Å². The zero-order valence-electron chi connectivity index (χ0n) is 10.5. The van der Waals surface area contributed by atoms with Crippen LogP contribution in [0, 0.1) is 5.82 Å². The topological polar surface area (TPSA) is 41.8 Å². The largest absolute Gasteiger partial charge is 0.361 e. The predicted octanol–water partition coefficient (Wildman–Crippen LogP) is 3.48. The highest BCUT2D eigenvalue weighted by Gasteiger charge is 2.05. The molecule has 0 aliphatic rings. The average Bonchev–Trinajstić information content (AvgIpc) is 2.83. The molecule has 2 aromatic carbocycles. The van der Waals surface area contributed by atoms with Crippen LogP contribution >= 0.6 is 0 Å². The molecule has 0 fully saturated rings. The van der Waals surface area contributed by atoms with E-state index in [2.05, 4.69) is 11.1 Å². The zero-order chi connectivity index (χ0) is 13.2. The Kier molecular flexibility index (Phi) is 3.05. The molecule has 0 unspecified atom stereocenters. The standard InChI is InChI=1S/C16H15FN2/c17-14-4-1-11(2-5-14)12-3-6-16-15(9-12)13(7-8-18)10-19-16/h1-6,9-10,19H,7-8,18H2. The smallest absolute Gasteiger partial charge is 0.123 e. The molecule has 1 heterocycles. The molecular formula is C16H15FN2. The average molecular weight is 254 g/mol. The molecule has 1 aromatic heterocycles. The maximum atomic E-state index is 13.0. The Balaban J connectivity index is 2.09. The predicted molar refractivity (Wildman–Crippen MR) is 76.5 cm³/mol. The van der Waals surface area contributed by atoms with Crippen molar-refractivity contribution in [1.29, 1.82) is 0 Å². The Bertz CT molecular complexity index is 698. The van der Waals surface area contributed by atoms with Crippen LogP contribution in [0.5, 0.6) is 0 Å². The van der Waals surface area contributed by atoms with Gasteiger partial charge in [-0.15, -0.1) is 0 Å². The van der Waals surface area contributed by atoms with Crippen LogP contribution in [-0.4, -0.2) is 11.5 Å². The van der Waals surface area contributed by atoms with Gasteiger partial charge in [-0.05, 0) is 53.9 Å². The molecule has 3 heteroatoms. The van der Waals surface area contributed by atoms with Gasteiger partial charge in [-0.1, -0.05) is 18.2 Å². The van der Waals surface area contributed by atoms with E-state index >= 15 is 0 Å². The minimum atomic E-state index is -0.213. The molecule has 96 valence electrons. The van der Waals surface area contributed by atoms with E-state index in [4.69, 9.17) is 5.73 Å². The van der Waals surface area contributed by atoms with E-state index in [-0.39, 0.29) is 5.82 Å². The molecule has 2 nitrogen and oxygen atoms in total. The quantitative estimate of drug-likeness (QED) is 0.738. The Morgan fingerprint density at radius 3 is 2.47 bits per heavy atom. The Morgan fingerprint density at radius 1 is 1.00 bits per heavy atom. The molecule has 0 radical (unpaired) electrons. The lowest BCUT2D eigenvalue weighted by molar-refractivity contribution is 0.628. The van der Waals surface area contributed by atoms with Crippen LogP contribution in [0.25, 0.3) is 22.0 Å². The second-order valence-corrected chi connectivity index (χ2v) is 4.62. The van der Waals surface area contributed by atoms with Crippen LogP contribution in [0.3, 0.4) is 0 Å². The molecule has 3 N–H and O–H groups in total. The van der Waals surface area contributed by atoms with Gasteiger partial charge in [0.15, 0.2) is 0 Å². The number of rotatable bonds is 3. The van der Waals surface area contributed by atoms with E-state index in [1.54, 1.807) is 12.1 Å². The summed E-state index contributed by atoms with van der Waals surface area (Å²) in [7, 11) is 0. The second-order valence-electron chi connectivity index (χ2n) is 4.62. The molecule has 3 rings (SSSR count). The second kappa shape index (κ2) is 4.86. The van der Waals surface area contributed by atoms with Crippen molar-refractivity contribution in [1.82, 2.24) is 4.98 Å². The monoisotopic (exact) mass is 254 g/mol. The summed E-state index contributed by atoms with van der Waals surface area (Å²) < 4.78 is 13.0. The van der Waals surface area contributed by atoms with Crippen molar-refractivity contribution in [2.24, 2.45) is 5.73 Å². The molecule has 0 saturated heterocycles. The first-order valence-electron chi connectivity index (χ1n) is 6.34. The number of fused-ring (bicyclic) bond motifs is 1. The summed E-state index contributed by atoms with van der Waals surface area (Å²) in [6.45, 7) is 0.633. The molecule has 0 amide bonds.